The summed E-state index contributed by atoms with van der Waals surface area (Å²) in [6, 6.07) is 5.21. The lowest BCUT2D eigenvalue weighted by atomic mass is 10.1. The van der Waals surface area contributed by atoms with E-state index in [2.05, 4.69) is 5.32 Å². The Hall–Kier alpha value is -3.75. The molecule has 0 radical (unpaired) electrons. The first-order chi connectivity index (χ1) is 15.4. The molecular formula is C23H27NO8. The number of benzene rings is 1. The van der Waals surface area contributed by atoms with Crippen LogP contribution >= 0.6 is 0 Å². The summed E-state index contributed by atoms with van der Waals surface area (Å²) in [7, 11) is 1.52. The summed E-state index contributed by atoms with van der Waals surface area (Å²) in [5, 5.41) is 2.48. The van der Waals surface area contributed by atoms with E-state index >= 15 is 0 Å². The normalized spacial score (nSPS) is 10.7. The van der Waals surface area contributed by atoms with E-state index in [1.165, 1.54) is 20.1 Å². The average molecular weight is 445 g/mol. The highest BCUT2D eigenvalue weighted by atomic mass is 16.5. The van der Waals surface area contributed by atoms with Gasteiger partial charge in [0.05, 0.1) is 26.9 Å². The zero-order chi connectivity index (χ0) is 23.7. The number of carbonyl (C=O) groups excluding carboxylic acids is 3. The molecule has 1 heterocycles. The van der Waals surface area contributed by atoms with Gasteiger partial charge in [-0.1, -0.05) is 6.07 Å². The van der Waals surface area contributed by atoms with Gasteiger partial charge in [0.2, 0.25) is 5.88 Å². The van der Waals surface area contributed by atoms with E-state index in [0.717, 1.165) is 0 Å². The summed E-state index contributed by atoms with van der Waals surface area (Å²) < 4.78 is 26.3. The molecule has 0 unspecified atom stereocenters. The van der Waals surface area contributed by atoms with Crippen molar-refractivity contribution in [2.45, 2.75) is 27.7 Å². The third-order valence-electron chi connectivity index (χ3n) is 4.19. The molecule has 0 aliphatic carbocycles. The highest BCUT2D eigenvalue weighted by molar-refractivity contribution is 6.11. The lowest BCUT2D eigenvalue weighted by molar-refractivity contribution is -0.111. The zero-order valence-electron chi connectivity index (χ0n) is 18.8. The van der Waals surface area contributed by atoms with Crippen molar-refractivity contribution in [2.24, 2.45) is 0 Å². The second kappa shape index (κ2) is 11.6. The third kappa shape index (κ3) is 5.90. The number of amides is 1. The molecule has 1 N–H and O–H groups in total. The smallest absolute Gasteiger partial charge is 0.344 e. The summed E-state index contributed by atoms with van der Waals surface area (Å²) in [4.78, 5) is 37.2. The van der Waals surface area contributed by atoms with Crippen molar-refractivity contribution in [3.63, 3.8) is 0 Å². The van der Waals surface area contributed by atoms with E-state index in [1.807, 2.05) is 6.92 Å². The van der Waals surface area contributed by atoms with Crippen LogP contribution in [0.4, 0.5) is 5.88 Å². The van der Waals surface area contributed by atoms with Crippen LogP contribution < -0.4 is 14.8 Å². The average Bonchev–Trinajstić information content (AvgIpc) is 3.09. The first-order valence-electron chi connectivity index (χ1n) is 10.1. The fourth-order valence-electron chi connectivity index (χ4n) is 2.87. The van der Waals surface area contributed by atoms with Gasteiger partial charge in [0.25, 0.3) is 5.91 Å². The molecule has 172 valence electrons. The van der Waals surface area contributed by atoms with Gasteiger partial charge in [-0.25, -0.2) is 9.59 Å². The van der Waals surface area contributed by atoms with Crippen LogP contribution in [0.5, 0.6) is 11.5 Å². The predicted octanol–water partition coefficient (Wildman–Crippen LogP) is 4.00. The lowest BCUT2D eigenvalue weighted by Crippen LogP contribution is -2.16. The Bertz CT molecular complexity index is 1010. The van der Waals surface area contributed by atoms with E-state index in [9.17, 15) is 14.4 Å². The summed E-state index contributed by atoms with van der Waals surface area (Å²) in [6.45, 7) is 7.31. The Kier molecular flexibility index (Phi) is 8.88. The Labute approximate surface area is 186 Å². The number of hydrogen-bond donors (Lipinski definition) is 1. The standard InChI is InChI=1S/C23H27NO8/c1-6-29-16-11-9-15(13-17(16)28-5)10-12-18(25)24-21-20(23(27)31-8-3)19(14(4)32-21)22(26)30-7-2/h9-13H,6-8H2,1-5H3,(H,24,25)/b12-10+. The first kappa shape index (κ1) is 24.5. The Balaban J connectivity index is 2.28. The predicted molar refractivity (Wildman–Crippen MR) is 117 cm³/mol. The highest BCUT2D eigenvalue weighted by Gasteiger charge is 2.31. The van der Waals surface area contributed by atoms with E-state index in [-0.39, 0.29) is 36.0 Å². The number of carbonyl (C=O) groups is 3. The van der Waals surface area contributed by atoms with Crippen molar-refractivity contribution in [3.05, 3.63) is 46.7 Å². The van der Waals surface area contributed by atoms with Crippen LogP contribution in [0.2, 0.25) is 0 Å². The second-order valence-electron chi connectivity index (χ2n) is 6.34. The molecule has 0 bridgehead atoms. The molecule has 2 aromatic rings. The first-order valence-corrected chi connectivity index (χ1v) is 10.1. The molecular weight excluding hydrogens is 418 g/mol. The molecule has 2 rings (SSSR count). The van der Waals surface area contributed by atoms with E-state index in [0.29, 0.717) is 23.7 Å². The number of esters is 2. The van der Waals surface area contributed by atoms with Crippen molar-refractivity contribution in [1.82, 2.24) is 0 Å². The van der Waals surface area contributed by atoms with Crippen LogP contribution in [0.25, 0.3) is 6.08 Å². The highest BCUT2D eigenvalue weighted by Crippen LogP contribution is 2.30. The van der Waals surface area contributed by atoms with Crippen molar-refractivity contribution >= 4 is 29.8 Å². The van der Waals surface area contributed by atoms with Crippen molar-refractivity contribution in [2.75, 3.05) is 32.2 Å². The van der Waals surface area contributed by atoms with Crippen LogP contribution in [0, 0.1) is 6.92 Å². The van der Waals surface area contributed by atoms with Crippen molar-refractivity contribution < 1.29 is 37.7 Å². The molecule has 0 saturated carbocycles. The number of furan rings is 1. The Morgan fingerprint density at radius 3 is 2.22 bits per heavy atom. The van der Waals surface area contributed by atoms with Gasteiger partial charge < -0.3 is 23.4 Å². The van der Waals surface area contributed by atoms with Crippen LogP contribution in [-0.4, -0.2) is 44.8 Å². The van der Waals surface area contributed by atoms with Crippen molar-refractivity contribution in [3.8, 4) is 11.5 Å². The van der Waals surface area contributed by atoms with Crippen LogP contribution in [0.1, 0.15) is 52.8 Å². The molecule has 1 aromatic heterocycles. The lowest BCUT2D eigenvalue weighted by Gasteiger charge is -2.09. The number of hydrogen-bond acceptors (Lipinski definition) is 8. The van der Waals surface area contributed by atoms with Gasteiger partial charge in [-0.3, -0.25) is 10.1 Å². The third-order valence-corrected chi connectivity index (χ3v) is 4.19. The minimum absolute atomic E-state index is 0.0815. The Morgan fingerprint density at radius 1 is 0.969 bits per heavy atom. The fourth-order valence-corrected chi connectivity index (χ4v) is 2.87. The zero-order valence-corrected chi connectivity index (χ0v) is 18.8. The molecule has 0 saturated heterocycles. The SMILES string of the molecule is CCOC(=O)c1c(C)oc(NC(=O)/C=C/c2ccc(OCC)c(OC)c2)c1C(=O)OCC. The monoisotopic (exact) mass is 445 g/mol. The number of aryl methyl sites for hydroxylation is 1. The number of methoxy groups -OCH3 is 1. The van der Waals surface area contributed by atoms with Gasteiger partial charge in [0.1, 0.15) is 16.9 Å². The van der Waals surface area contributed by atoms with Crippen LogP contribution in [0.15, 0.2) is 28.7 Å². The molecule has 0 aliphatic rings. The number of ether oxygens (including phenoxy) is 4. The summed E-state index contributed by atoms with van der Waals surface area (Å²) in [5.41, 5.74) is 0.419. The molecule has 0 spiro atoms. The number of anilines is 1. The van der Waals surface area contributed by atoms with Gasteiger partial charge in [-0.05, 0) is 51.5 Å². The number of rotatable bonds is 10. The summed E-state index contributed by atoms with van der Waals surface area (Å²) in [6.07, 6.45) is 2.81. The minimum Gasteiger partial charge on any atom is -0.493 e. The maximum Gasteiger partial charge on any atom is 0.344 e. The maximum atomic E-state index is 12.5. The minimum atomic E-state index is -0.803. The molecule has 0 fully saturated rings. The van der Waals surface area contributed by atoms with E-state index in [1.54, 1.807) is 38.1 Å². The second-order valence-corrected chi connectivity index (χ2v) is 6.34. The van der Waals surface area contributed by atoms with Gasteiger partial charge in [-0.2, -0.15) is 0 Å². The molecule has 9 nitrogen and oxygen atoms in total. The maximum absolute atomic E-state index is 12.5. The molecule has 9 heteroatoms. The van der Waals surface area contributed by atoms with Crippen LogP contribution in [0.3, 0.4) is 0 Å². The largest absolute Gasteiger partial charge is 0.493 e. The number of nitrogens with one attached hydrogen (secondary N) is 1. The fraction of sp³-hybridized carbons (Fsp3) is 0.348. The molecule has 0 atom stereocenters. The molecule has 1 amide bonds. The quantitative estimate of drug-likeness (QED) is 0.431. The van der Waals surface area contributed by atoms with Gasteiger partial charge in [0.15, 0.2) is 11.5 Å². The summed E-state index contributed by atoms with van der Waals surface area (Å²) in [5.74, 6) is -1.07. The van der Waals surface area contributed by atoms with E-state index < -0.39 is 17.8 Å². The van der Waals surface area contributed by atoms with Crippen molar-refractivity contribution in [1.29, 1.82) is 0 Å². The summed E-state index contributed by atoms with van der Waals surface area (Å²) >= 11 is 0. The molecule has 32 heavy (non-hydrogen) atoms. The van der Waals surface area contributed by atoms with E-state index in [4.69, 9.17) is 23.4 Å². The molecule has 0 aliphatic heterocycles. The van der Waals surface area contributed by atoms with Gasteiger partial charge in [-0.15, -0.1) is 0 Å². The Morgan fingerprint density at radius 2 is 1.62 bits per heavy atom. The van der Waals surface area contributed by atoms with Gasteiger partial charge >= 0.3 is 11.9 Å². The van der Waals surface area contributed by atoms with Crippen LogP contribution in [-0.2, 0) is 14.3 Å². The molecule has 1 aromatic carbocycles. The topological polar surface area (TPSA) is 113 Å². The van der Waals surface area contributed by atoms with Gasteiger partial charge in [0, 0.05) is 6.08 Å².